The lowest BCUT2D eigenvalue weighted by Crippen LogP contribution is -2.13. The van der Waals surface area contributed by atoms with E-state index in [0.717, 1.165) is 27.9 Å². The summed E-state index contributed by atoms with van der Waals surface area (Å²) >= 11 is 0. The van der Waals surface area contributed by atoms with Crippen molar-refractivity contribution in [1.82, 2.24) is 19.9 Å². The molecule has 0 saturated heterocycles. The zero-order valence-electron chi connectivity index (χ0n) is 18.0. The molecule has 3 N–H and O–H groups in total. The van der Waals surface area contributed by atoms with Crippen LogP contribution >= 0.6 is 0 Å². The van der Waals surface area contributed by atoms with E-state index >= 15 is 0 Å². The smallest absolute Gasteiger partial charge is 0.295 e. The Kier molecular flexibility index (Phi) is 4.38. The van der Waals surface area contributed by atoms with Crippen LogP contribution in [0.1, 0.15) is 52.9 Å². The highest BCUT2D eigenvalue weighted by molar-refractivity contribution is 7.86. The number of fused-ring (bicyclic) bond motifs is 2. The number of hydrogen-bond donors (Lipinski definition) is 3. The molecule has 0 unspecified atom stereocenters. The number of H-pyrrole nitrogens is 2. The van der Waals surface area contributed by atoms with Crippen molar-refractivity contribution in [2.24, 2.45) is 0 Å². The van der Waals surface area contributed by atoms with Gasteiger partial charge in [0.1, 0.15) is 16.5 Å². The molecule has 0 atom stereocenters. The van der Waals surface area contributed by atoms with Gasteiger partial charge in [-0.15, -0.1) is 0 Å². The van der Waals surface area contributed by atoms with Crippen LogP contribution in [0.5, 0.6) is 0 Å². The van der Waals surface area contributed by atoms with Gasteiger partial charge in [0.15, 0.2) is 0 Å². The lowest BCUT2D eigenvalue weighted by atomic mass is 9.86. The Balaban J connectivity index is 1.89. The van der Waals surface area contributed by atoms with Gasteiger partial charge in [-0.25, -0.2) is 9.97 Å². The predicted octanol–water partition coefficient (Wildman–Crippen LogP) is 4.95. The second-order valence-corrected chi connectivity index (χ2v) is 11.1. The molecular weight excluding hydrogens is 400 g/mol. The van der Waals surface area contributed by atoms with Crippen LogP contribution in [-0.2, 0) is 20.9 Å². The van der Waals surface area contributed by atoms with Crippen molar-refractivity contribution in [1.29, 1.82) is 0 Å². The zero-order valence-corrected chi connectivity index (χ0v) is 18.8. The Labute approximate surface area is 175 Å². The lowest BCUT2D eigenvalue weighted by Gasteiger charge is -2.20. The first-order valence-electron chi connectivity index (χ1n) is 9.76. The maximum Gasteiger partial charge on any atom is 0.295 e. The highest BCUT2D eigenvalue weighted by Crippen LogP contribution is 2.33. The van der Waals surface area contributed by atoms with Gasteiger partial charge >= 0.3 is 0 Å². The summed E-state index contributed by atoms with van der Waals surface area (Å²) in [5, 5.41) is 0. The van der Waals surface area contributed by atoms with Gasteiger partial charge in [0, 0.05) is 11.0 Å². The van der Waals surface area contributed by atoms with E-state index in [1.165, 1.54) is 6.07 Å². The van der Waals surface area contributed by atoms with Gasteiger partial charge in [-0.05, 0) is 35.2 Å². The molecule has 30 heavy (non-hydrogen) atoms. The molecule has 2 aromatic carbocycles. The fourth-order valence-electron chi connectivity index (χ4n) is 3.39. The maximum atomic E-state index is 12.1. The number of nitrogens with one attached hydrogen (secondary N) is 2. The highest BCUT2D eigenvalue weighted by Gasteiger charge is 2.24. The molecule has 0 saturated carbocycles. The molecule has 0 aliphatic rings. The molecule has 0 spiro atoms. The standard InChI is InChI=1S/C22H26N4O3S/c1-21(2,3)12-7-8-13(18(9-12)30(27,28)29)19-23-14-10-16-17(11-15(14)24-19)26-20(25-16)22(4,5)6/h7-11H,1-6H3,(H,23,24)(H,25,26)(H,27,28,29). The molecule has 0 fully saturated rings. The molecule has 2 heterocycles. The molecule has 2 aromatic heterocycles. The monoisotopic (exact) mass is 426 g/mol. The van der Waals surface area contributed by atoms with Crippen LogP contribution in [0.2, 0.25) is 0 Å². The van der Waals surface area contributed by atoms with E-state index < -0.39 is 10.1 Å². The van der Waals surface area contributed by atoms with Crippen LogP contribution in [0.4, 0.5) is 0 Å². The quantitative estimate of drug-likeness (QED) is 0.393. The average molecular weight is 427 g/mol. The van der Waals surface area contributed by atoms with Crippen LogP contribution in [0.25, 0.3) is 33.5 Å². The van der Waals surface area contributed by atoms with Gasteiger partial charge in [-0.1, -0.05) is 47.6 Å². The normalized spacial score (nSPS) is 13.4. The van der Waals surface area contributed by atoms with Crippen LogP contribution in [0, 0.1) is 0 Å². The summed E-state index contributed by atoms with van der Waals surface area (Å²) in [7, 11) is -4.43. The van der Waals surface area contributed by atoms with Crippen LogP contribution in [0.3, 0.4) is 0 Å². The van der Waals surface area contributed by atoms with E-state index in [9.17, 15) is 13.0 Å². The summed E-state index contributed by atoms with van der Waals surface area (Å²) in [5.41, 5.74) is 3.86. The van der Waals surface area contributed by atoms with Crippen molar-refractivity contribution in [3.63, 3.8) is 0 Å². The molecule has 158 valence electrons. The van der Waals surface area contributed by atoms with Crippen molar-refractivity contribution >= 4 is 32.2 Å². The van der Waals surface area contributed by atoms with Crippen molar-refractivity contribution in [2.45, 2.75) is 57.3 Å². The van der Waals surface area contributed by atoms with Crippen molar-refractivity contribution in [3.8, 4) is 11.4 Å². The van der Waals surface area contributed by atoms with Gasteiger partial charge in [0.05, 0.1) is 22.1 Å². The SMILES string of the molecule is CC(C)(C)c1ccc(-c2nc3cc4[nH]c(C(C)(C)C)nc4cc3[nH]2)c(S(=O)(=O)O)c1. The number of benzene rings is 2. The third kappa shape index (κ3) is 3.61. The number of aromatic amines is 2. The average Bonchev–Trinajstić information content (AvgIpc) is 3.20. The molecule has 8 heteroatoms. The Bertz CT molecular complexity index is 1330. The summed E-state index contributed by atoms with van der Waals surface area (Å²) in [6, 6.07) is 8.84. The third-order valence-electron chi connectivity index (χ3n) is 5.18. The van der Waals surface area contributed by atoms with Crippen molar-refractivity contribution in [3.05, 3.63) is 41.7 Å². The molecule has 0 aliphatic carbocycles. The summed E-state index contributed by atoms with van der Waals surface area (Å²) in [6.07, 6.45) is 0. The highest BCUT2D eigenvalue weighted by atomic mass is 32.2. The van der Waals surface area contributed by atoms with Gasteiger partial charge in [0.2, 0.25) is 0 Å². The summed E-state index contributed by atoms with van der Waals surface area (Å²) in [6.45, 7) is 12.2. The second-order valence-electron chi connectivity index (χ2n) is 9.74. The molecule has 7 nitrogen and oxygen atoms in total. The Hall–Kier alpha value is -2.71. The molecule has 0 aliphatic heterocycles. The topological polar surface area (TPSA) is 112 Å². The largest absolute Gasteiger partial charge is 0.341 e. The minimum atomic E-state index is -4.43. The number of aromatic nitrogens is 4. The maximum absolute atomic E-state index is 12.1. The third-order valence-corrected chi connectivity index (χ3v) is 6.07. The minimum absolute atomic E-state index is 0.107. The van der Waals surface area contributed by atoms with E-state index in [1.54, 1.807) is 6.07 Å². The second kappa shape index (κ2) is 6.39. The Morgan fingerprint density at radius 3 is 2.00 bits per heavy atom. The summed E-state index contributed by atoms with van der Waals surface area (Å²) in [4.78, 5) is 15.6. The Morgan fingerprint density at radius 1 is 0.833 bits per heavy atom. The fourth-order valence-corrected chi connectivity index (χ4v) is 4.11. The van der Waals surface area contributed by atoms with Gasteiger partial charge in [-0.3, -0.25) is 4.55 Å². The fraction of sp³-hybridized carbons (Fsp3) is 0.364. The summed E-state index contributed by atoms with van der Waals surface area (Å²) in [5.74, 6) is 1.26. The summed E-state index contributed by atoms with van der Waals surface area (Å²) < 4.78 is 34.0. The van der Waals surface area contributed by atoms with Gasteiger partial charge in [-0.2, -0.15) is 8.42 Å². The van der Waals surface area contributed by atoms with Crippen molar-refractivity contribution < 1.29 is 13.0 Å². The first-order chi connectivity index (χ1) is 13.7. The molecule has 0 amide bonds. The first kappa shape index (κ1) is 20.6. The van der Waals surface area contributed by atoms with Gasteiger partial charge < -0.3 is 9.97 Å². The van der Waals surface area contributed by atoms with E-state index in [4.69, 9.17) is 0 Å². The first-order valence-corrected chi connectivity index (χ1v) is 11.2. The molecule has 0 radical (unpaired) electrons. The van der Waals surface area contributed by atoms with E-state index in [1.807, 2.05) is 39.0 Å². The van der Waals surface area contributed by atoms with E-state index in [-0.39, 0.29) is 15.7 Å². The Morgan fingerprint density at radius 2 is 1.43 bits per heavy atom. The minimum Gasteiger partial charge on any atom is -0.341 e. The molecule has 0 bridgehead atoms. The predicted molar refractivity (Wildman–Crippen MR) is 118 cm³/mol. The molecular formula is C22H26N4O3S. The van der Waals surface area contributed by atoms with Gasteiger partial charge in [0.25, 0.3) is 10.1 Å². The van der Waals surface area contributed by atoms with Crippen molar-refractivity contribution in [2.75, 3.05) is 0 Å². The molecule has 4 aromatic rings. The zero-order chi connectivity index (χ0) is 22.1. The number of nitrogens with zero attached hydrogens (tertiary/aromatic N) is 2. The van der Waals surface area contributed by atoms with Crippen LogP contribution in [0.15, 0.2) is 35.2 Å². The molecule has 4 rings (SSSR count). The lowest BCUT2D eigenvalue weighted by molar-refractivity contribution is 0.483. The van der Waals surface area contributed by atoms with Crippen LogP contribution in [-0.4, -0.2) is 32.9 Å². The number of rotatable bonds is 2. The number of imidazole rings is 2. The number of hydrogen-bond acceptors (Lipinski definition) is 4. The van der Waals surface area contributed by atoms with E-state index in [0.29, 0.717) is 16.9 Å². The van der Waals surface area contributed by atoms with E-state index in [2.05, 4.69) is 40.7 Å². The van der Waals surface area contributed by atoms with Crippen LogP contribution < -0.4 is 0 Å².